The van der Waals surface area contributed by atoms with Gasteiger partial charge in [0.15, 0.2) is 4.32 Å². The number of thiocarbonyl (C=S) groups is 1. The summed E-state index contributed by atoms with van der Waals surface area (Å²) in [5, 5.41) is 3.33. The molecule has 25 heavy (non-hydrogen) atoms. The predicted molar refractivity (Wildman–Crippen MR) is 108 cm³/mol. The number of hydrogen-bond donors (Lipinski definition) is 1. The first-order valence-corrected chi connectivity index (χ1v) is 8.95. The number of nitrogens with one attached hydrogen (secondary N) is 1. The highest BCUT2D eigenvalue weighted by Gasteiger charge is 2.33. The van der Waals surface area contributed by atoms with Gasteiger partial charge in [-0.1, -0.05) is 47.7 Å². The predicted octanol–water partition coefficient (Wildman–Crippen LogP) is 4.70. The molecule has 0 aromatic heterocycles. The average molecular weight is 389 g/mol. The zero-order valence-corrected chi connectivity index (χ0v) is 15.5. The van der Waals surface area contributed by atoms with Crippen LogP contribution in [0.3, 0.4) is 0 Å². The molecule has 0 aliphatic carbocycles. The Balaban J connectivity index is 1.83. The van der Waals surface area contributed by atoms with Crippen LogP contribution < -0.4 is 10.2 Å². The second kappa shape index (κ2) is 7.39. The summed E-state index contributed by atoms with van der Waals surface area (Å²) in [4.78, 5) is 25.8. The van der Waals surface area contributed by atoms with Crippen molar-refractivity contribution in [2.24, 2.45) is 0 Å². The van der Waals surface area contributed by atoms with Gasteiger partial charge >= 0.3 is 0 Å². The van der Waals surface area contributed by atoms with E-state index in [2.05, 4.69) is 5.32 Å². The lowest BCUT2D eigenvalue weighted by Gasteiger charge is -2.15. The molecule has 0 radical (unpaired) electrons. The van der Waals surface area contributed by atoms with Crippen LogP contribution >= 0.6 is 35.6 Å². The van der Waals surface area contributed by atoms with E-state index >= 15 is 0 Å². The molecule has 0 spiro atoms. The lowest BCUT2D eigenvalue weighted by Crippen LogP contribution is -2.27. The molecule has 1 fully saturated rings. The third kappa shape index (κ3) is 4.10. The van der Waals surface area contributed by atoms with E-state index in [1.54, 1.807) is 42.5 Å². The summed E-state index contributed by atoms with van der Waals surface area (Å²) in [7, 11) is 0. The Bertz CT molecular complexity index is 877. The first-order chi connectivity index (χ1) is 11.9. The molecule has 2 aromatic carbocycles. The number of thioether (sulfide) groups is 1. The van der Waals surface area contributed by atoms with Crippen molar-refractivity contribution in [3.05, 3.63) is 64.0 Å². The molecular weight excluding hydrogens is 376 g/mol. The van der Waals surface area contributed by atoms with E-state index < -0.39 is 0 Å². The van der Waals surface area contributed by atoms with Crippen molar-refractivity contribution >= 4 is 69.2 Å². The molecule has 126 valence electrons. The minimum absolute atomic E-state index is 0.149. The zero-order chi connectivity index (χ0) is 18.0. The molecule has 1 N–H and O–H groups in total. The van der Waals surface area contributed by atoms with Crippen LogP contribution in [-0.4, -0.2) is 16.1 Å². The van der Waals surface area contributed by atoms with Crippen molar-refractivity contribution in [3.63, 3.8) is 0 Å². The molecule has 3 rings (SSSR count). The van der Waals surface area contributed by atoms with Gasteiger partial charge in [-0.2, -0.15) is 0 Å². The number of anilines is 2. The summed E-state index contributed by atoms with van der Waals surface area (Å²) in [5.74, 6) is -0.318. The number of nitrogens with zero attached hydrogens (tertiary/aromatic N) is 1. The van der Waals surface area contributed by atoms with Gasteiger partial charge in [0.1, 0.15) is 0 Å². The number of carbonyl (C=O) groups is 2. The van der Waals surface area contributed by atoms with Crippen LogP contribution in [0, 0.1) is 0 Å². The summed E-state index contributed by atoms with van der Waals surface area (Å²) in [6.45, 7) is 1.44. The molecular formula is C18H13ClN2O2S2. The molecule has 0 atom stereocenters. The third-order valence-corrected chi connectivity index (χ3v) is 4.96. The minimum Gasteiger partial charge on any atom is -0.326 e. The largest absolute Gasteiger partial charge is 0.326 e. The van der Waals surface area contributed by atoms with E-state index in [-0.39, 0.29) is 11.8 Å². The maximum atomic E-state index is 12.7. The molecule has 0 saturated carbocycles. The maximum Gasteiger partial charge on any atom is 0.270 e. The van der Waals surface area contributed by atoms with Crippen molar-refractivity contribution in [2.45, 2.75) is 6.92 Å². The van der Waals surface area contributed by atoms with Crippen LogP contribution in [0.25, 0.3) is 6.08 Å². The van der Waals surface area contributed by atoms with Gasteiger partial charge in [-0.15, -0.1) is 0 Å². The molecule has 1 heterocycles. The van der Waals surface area contributed by atoms with E-state index in [0.717, 1.165) is 5.56 Å². The number of benzene rings is 2. The number of rotatable bonds is 3. The van der Waals surface area contributed by atoms with E-state index in [9.17, 15) is 9.59 Å². The van der Waals surface area contributed by atoms with Gasteiger partial charge in [0.05, 0.1) is 10.6 Å². The number of hydrogen-bond acceptors (Lipinski definition) is 4. The summed E-state index contributed by atoms with van der Waals surface area (Å²) in [5.41, 5.74) is 2.21. The normalized spacial score (nSPS) is 15.8. The van der Waals surface area contributed by atoms with Gasteiger partial charge in [0.2, 0.25) is 5.91 Å². The molecule has 7 heteroatoms. The summed E-state index contributed by atoms with van der Waals surface area (Å²) >= 11 is 12.5. The van der Waals surface area contributed by atoms with Crippen LogP contribution in [0.15, 0.2) is 53.4 Å². The fourth-order valence-electron chi connectivity index (χ4n) is 2.30. The van der Waals surface area contributed by atoms with Crippen molar-refractivity contribution in [1.82, 2.24) is 0 Å². The monoisotopic (exact) mass is 388 g/mol. The molecule has 1 aliphatic rings. The van der Waals surface area contributed by atoms with Crippen molar-refractivity contribution in [3.8, 4) is 0 Å². The lowest BCUT2D eigenvalue weighted by molar-refractivity contribution is -0.114. The molecule has 1 saturated heterocycles. The van der Waals surface area contributed by atoms with Gasteiger partial charge in [-0.3, -0.25) is 14.5 Å². The second-order valence-electron chi connectivity index (χ2n) is 5.30. The summed E-state index contributed by atoms with van der Waals surface area (Å²) in [6.07, 6.45) is 1.79. The Kier molecular flexibility index (Phi) is 5.22. The topological polar surface area (TPSA) is 49.4 Å². The lowest BCUT2D eigenvalue weighted by atomic mass is 10.2. The fraction of sp³-hybridized carbons (Fsp3) is 0.0556. The highest BCUT2D eigenvalue weighted by molar-refractivity contribution is 8.27. The van der Waals surface area contributed by atoms with Crippen LogP contribution in [0.4, 0.5) is 11.4 Å². The van der Waals surface area contributed by atoms with Crippen LogP contribution in [0.2, 0.25) is 5.02 Å². The summed E-state index contributed by atoms with van der Waals surface area (Å²) in [6, 6.07) is 14.2. The van der Waals surface area contributed by atoms with Crippen molar-refractivity contribution in [1.29, 1.82) is 0 Å². The second-order valence-corrected chi connectivity index (χ2v) is 7.41. The minimum atomic E-state index is -0.169. The van der Waals surface area contributed by atoms with Crippen LogP contribution in [-0.2, 0) is 9.59 Å². The van der Waals surface area contributed by atoms with E-state index in [0.29, 0.717) is 25.6 Å². The number of halogens is 1. The van der Waals surface area contributed by atoms with Gasteiger partial charge in [-0.05, 0) is 48.0 Å². The van der Waals surface area contributed by atoms with Gasteiger partial charge in [0.25, 0.3) is 5.91 Å². The van der Waals surface area contributed by atoms with Crippen molar-refractivity contribution in [2.75, 3.05) is 10.2 Å². The summed E-state index contributed by atoms with van der Waals surface area (Å²) < 4.78 is 0.470. The van der Waals surface area contributed by atoms with E-state index in [4.69, 9.17) is 23.8 Å². The smallest absolute Gasteiger partial charge is 0.270 e. The first-order valence-electron chi connectivity index (χ1n) is 7.35. The Hall–Kier alpha value is -2.15. The van der Waals surface area contributed by atoms with Crippen LogP contribution in [0.1, 0.15) is 12.5 Å². The molecule has 4 nitrogen and oxygen atoms in total. The van der Waals surface area contributed by atoms with Gasteiger partial charge < -0.3 is 5.32 Å². The first kappa shape index (κ1) is 17.7. The Morgan fingerprint density at radius 2 is 1.80 bits per heavy atom. The molecule has 2 amide bonds. The van der Waals surface area contributed by atoms with Gasteiger partial charge in [-0.25, -0.2) is 0 Å². The Labute approximate surface area is 159 Å². The number of carbonyl (C=O) groups excluding carboxylic acids is 2. The number of amides is 2. The van der Waals surface area contributed by atoms with Crippen molar-refractivity contribution < 1.29 is 9.59 Å². The van der Waals surface area contributed by atoms with E-state index in [1.165, 1.54) is 23.6 Å². The highest BCUT2D eigenvalue weighted by Crippen LogP contribution is 2.36. The molecule has 1 aliphatic heterocycles. The quantitative estimate of drug-likeness (QED) is 0.611. The Morgan fingerprint density at radius 3 is 2.40 bits per heavy atom. The Morgan fingerprint density at radius 1 is 1.16 bits per heavy atom. The zero-order valence-electron chi connectivity index (χ0n) is 13.2. The molecule has 2 aromatic rings. The SMILES string of the molecule is CC(=O)Nc1ccc(N2C(=O)/C(=C/c3ccc(Cl)cc3)SC2=S)cc1. The van der Waals surface area contributed by atoms with Gasteiger partial charge in [0, 0.05) is 17.6 Å². The third-order valence-electron chi connectivity index (χ3n) is 3.41. The fourth-order valence-corrected chi connectivity index (χ4v) is 3.72. The van der Waals surface area contributed by atoms with E-state index in [1.807, 2.05) is 12.1 Å². The average Bonchev–Trinajstić information content (AvgIpc) is 2.84. The molecule has 0 unspecified atom stereocenters. The maximum absolute atomic E-state index is 12.7. The standard InChI is InChI=1S/C18H13ClN2O2S2/c1-11(22)20-14-6-8-15(9-7-14)21-17(23)16(25-18(21)24)10-12-2-4-13(19)5-3-12/h2-10H,1H3,(H,20,22)/b16-10-. The highest BCUT2D eigenvalue weighted by atomic mass is 35.5. The van der Waals surface area contributed by atoms with Crippen LogP contribution in [0.5, 0.6) is 0 Å². The molecule has 0 bridgehead atoms.